The van der Waals surface area contributed by atoms with E-state index in [0.717, 1.165) is 19.5 Å². The summed E-state index contributed by atoms with van der Waals surface area (Å²) in [6, 6.07) is 0. The van der Waals surface area contributed by atoms with Crippen LogP contribution in [0.25, 0.3) is 0 Å². The zero-order valence-electron chi connectivity index (χ0n) is 8.16. The highest BCUT2D eigenvalue weighted by Crippen LogP contribution is 1.98. The van der Waals surface area contributed by atoms with Crippen LogP contribution in [-0.4, -0.2) is 50.2 Å². The number of aliphatic hydroxyl groups is 1. The first-order valence-corrected chi connectivity index (χ1v) is 4.87. The first kappa shape index (κ1) is 10.9. The van der Waals surface area contributed by atoms with E-state index in [1.165, 1.54) is 0 Å². The Morgan fingerprint density at radius 3 is 3.00 bits per heavy atom. The molecular weight excluding hydrogens is 170 g/mol. The number of hydrogen-bond donors (Lipinski definition) is 2. The first-order chi connectivity index (χ1) is 6.29. The van der Waals surface area contributed by atoms with Gasteiger partial charge in [0.1, 0.15) is 0 Å². The van der Waals surface area contributed by atoms with Crippen molar-refractivity contribution < 1.29 is 14.6 Å². The quantitative estimate of drug-likeness (QED) is 0.586. The molecule has 0 amide bonds. The molecule has 0 aliphatic carbocycles. The minimum atomic E-state index is -0.226. The molecule has 4 nitrogen and oxygen atoms in total. The summed E-state index contributed by atoms with van der Waals surface area (Å²) in [5, 5.41) is 12.2. The molecular formula is C9H19NO3. The lowest BCUT2D eigenvalue weighted by molar-refractivity contribution is -0.0864. The second-order valence-corrected chi connectivity index (χ2v) is 3.41. The van der Waals surface area contributed by atoms with Crippen molar-refractivity contribution in [1.29, 1.82) is 0 Å². The Morgan fingerprint density at radius 2 is 2.38 bits per heavy atom. The summed E-state index contributed by atoms with van der Waals surface area (Å²) in [4.78, 5) is 0. The van der Waals surface area contributed by atoms with E-state index >= 15 is 0 Å². The fraction of sp³-hybridized carbons (Fsp3) is 1.00. The summed E-state index contributed by atoms with van der Waals surface area (Å²) in [5.41, 5.74) is 0. The molecule has 0 bridgehead atoms. The van der Waals surface area contributed by atoms with Crippen molar-refractivity contribution in [3.05, 3.63) is 0 Å². The van der Waals surface area contributed by atoms with Gasteiger partial charge in [-0.3, -0.25) is 0 Å². The van der Waals surface area contributed by atoms with Crippen molar-refractivity contribution in [3.63, 3.8) is 0 Å². The van der Waals surface area contributed by atoms with E-state index < -0.39 is 0 Å². The molecule has 0 spiro atoms. The van der Waals surface area contributed by atoms with Gasteiger partial charge in [-0.05, 0) is 19.9 Å². The highest BCUT2D eigenvalue weighted by atomic mass is 16.6. The molecule has 4 heteroatoms. The Bertz CT molecular complexity index is 124. The minimum absolute atomic E-state index is 0.183. The number of aliphatic hydroxyl groups excluding tert-OH is 1. The molecule has 0 aromatic carbocycles. The zero-order chi connectivity index (χ0) is 9.52. The maximum Gasteiger partial charge on any atom is 0.0933 e. The van der Waals surface area contributed by atoms with Crippen LogP contribution >= 0.6 is 0 Å². The van der Waals surface area contributed by atoms with Gasteiger partial charge in [0.2, 0.25) is 0 Å². The Morgan fingerprint density at radius 1 is 1.54 bits per heavy atom. The molecule has 0 radical (unpaired) electrons. The van der Waals surface area contributed by atoms with Crippen LogP contribution in [0.15, 0.2) is 0 Å². The van der Waals surface area contributed by atoms with Gasteiger partial charge in [-0.25, -0.2) is 0 Å². The lowest BCUT2D eigenvalue weighted by atomic mass is 10.3. The first-order valence-electron chi connectivity index (χ1n) is 4.87. The van der Waals surface area contributed by atoms with E-state index in [1.807, 2.05) is 0 Å². The van der Waals surface area contributed by atoms with E-state index in [2.05, 4.69) is 5.32 Å². The number of hydrogen-bond acceptors (Lipinski definition) is 4. The van der Waals surface area contributed by atoms with Crippen molar-refractivity contribution >= 4 is 0 Å². The molecule has 78 valence electrons. The Hall–Kier alpha value is -0.160. The summed E-state index contributed by atoms with van der Waals surface area (Å²) in [5.74, 6) is 0. The summed E-state index contributed by atoms with van der Waals surface area (Å²) in [6.07, 6.45) is 0.742. The second kappa shape index (κ2) is 6.32. The average Bonchev–Trinajstić information content (AvgIpc) is 2.14. The van der Waals surface area contributed by atoms with Crippen molar-refractivity contribution in [2.45, 2.75) is 25.6 Å². The van der Waals surface area contributed by atoms with E-state index in [0.29, 0.717) is 19.8 Å². The molecule has 0 saturated carbocycles. The molecule has 1 aliphatic rings. The predicted octanol–water partition coefficient (Wildman–Crippen LogP) is -0.238. The molecule has 2 atom stereocenters. The summed E-state index contributed by atoms with van der Waals surface area (Å²) >= 11 is 0. The topological polar surface area (TPSA) is 50.7 Å². The average molecular weight is 189 g/mol. The molecule has 0 aromatic heterocycles. The van der Waals surface area contributed by atoms with E-state index in [9.17, 15) is 0 Å². The van der Waals surface area contributed by atoms with Crippen LogP contribution in [0.2, 0.25) is 0 Å². The van der Waals surface area contributed by atoms with Gasteiger partial charge in [-0.1, -0.05) is 0 Å². The smallest absolute Gasteiger partial charge is 0.0933 e. The molecule has 1 heterocycles. The standard InChI is InChI=1S/C9H19NO3/c1-8(11)2-3-10-6-9-7-12-4-5-13-9/h8-11H,2-7H2,1H3. The number of rotatable bonds is 5. The highest BCUT2D eigenvalue weighted by Gasteiger charge is 2.13. The van der Waals surface area contributed by atoms with Gasteiger partial charge >= 0.3 is 0 Å². The largest absolute Gasteiger partial charge is 0.393 e. The van der Waals surface area contributed by atoms with Crippen molar-refractivity contribution in [2.24, 2.45) is 0 Å². The van der Waals surface area contributed by atoms with Gasteiger partial charge in [0.05, 0.1) is 32.0 Å². The molecule has 13 heavy (non-hydrogen) atoms. The Balaban J connectivity index is 1.92. The highest BCUT2D eigenvalue weighted by molar-refractivity contribution is 4.64. The van der Waals surface area contributed by atoms with Crippen LogP contribution in [0, 0.1) is 0 Å². The van der Waals surface area contributed by atoms with Gasteiger partial charge < -0.3 is 19.9 Å². The molecule has 2 unspecified atom stereocenters. The van der Waals surface area contributed by atoms with Crippen molar-refractivity contribution in [1.82, 2.24) is 5.32 Å². The van der Waals surface area contributed by atoms with Gasteiger partial charge in [-0.2, -0.15) is 0 Å². The number of ether oxygens (including phenoxy) is 2. The molecule has 0 aromatic rings. The van der Waals surface area contributed by atoms with Crippen LogP contribution in [0.5, 0.6) is 0 Å². The maximum atomic E-state index is 8.99. The number of nitrogens with one attached hydrogen (secondary N) is 1. The monoisotopic (exact) mass is 189 g/mol. The summed E-state index contributed by atoms with van der Waals surface area (Å²) < 4.78 is 10.7. The molecule has 2 N–H and O–H groups in total. The predicted molar refractivity (Wildman–Crippen MR) is 49.7 cm³/mol. The second-order valence-electron chi connectivity index (χ2n) is 3.41. The summed E-state index contributed by atoms with van der Waals surface area (Å²) in [6.45, 7) is 5.53. The van der Waals surface area contributed by atoms with Gasteiger partial charge in [0.25, 0.3) is 0 Å². The zero-order valence-corrected chi connectivity index (χ0v) is 8.16. The van der Waals surface area contributed by atoms with Gasteiger partial charge in [0, 0.05) is 6.54 Å². The molecule has 1 fully saturated rings. The molecule has 1 rings (SSSR count). The van der Waals surface area contributed by atoms with E-state index in [4.69, 9.17) is 14.6 Å². The van der Waals surface area contributed by atoms with Crippen LogP contribution in [0.1, 0.15) is 13.3 Å². The Kier molecular flexibility index (Phi) is 5.31. The van der Waals surface area contributed by atoms with Crippen molar-refractivity contribution in [3.8, 4) is 0 Å². The minimum Gasteiger partial charge on any atom is -0.393 e. The van der Waals surface area contributed by atoms with Crippen LogP contribution in [0.3, 0.4) is 0 Å². The third kappa shape index (κ3) is 5.21. The van der Waals surface area contributed by atoms with Gasteiger partial charge in [0.15, 0.2) is 0 Å². The maximum absolute atomic E-state index is 8.99. The lowest BCUT2D eigenvalue weighted by Gasteiger charge is -2.23. The van der Waals surface area contributed by atoms with E-state index in [-0.39, 0.29) is 12.2 Å². The van der Waals surface area contributed by atoms with Crippen LogP contribution in [0.4, 0.5) is 0 Å². The lowest BCUT2D eigenvalue weighted by Crippen LogP contribution is -2.38. The Labute approximate surface area is 79.2 Å². The van der Waals surface area contributed by atoms with Gasteiger partial charge in [-0.15, -0.1) is 0 Å². The molecule has 1 saturated heterocycles. The molecule has 1 aliphatic heterocycles. The normalized spacial score (nSPS) is 25.8. The third-order valence-electron chi connectivity index (χ3n) is 2.00. The van der Waals surface area contributed by atoms with Crippen LogP contribution < -0.4 is 5.32 Å². The fourth-order valence-electron chi connectivity index (χ4n) is 1.23. The summed E-state index contributed by atoms with van der Waals surface area (Å²) in [7, 11) is 0. The fourth-order valence-corrected chi connectivity index (χ4v) is 1.23. The third-order valence-corrected chi connectivity index (χ3v) is 2.00. The van der Waals surface area contributed by atoms with Crippen LogP contribution in [-0.2, 0) is 9.47 Å². The van der Waals surface area contributed by atoms with Crippen molar-refractivity contribution in [2.75, 3.05) is 32.9 Å². The van der Waals surface area contributed by atoms with E-state index in [1.54, 1.807) is 6.92 Å². The SMILES string of the molecule is CC(O)CCNCC1COCCO1.